The lowest BCUT2D eigenvalue weighted by Gasteiger charge is -2.33. The van der Waals surface area contributed by atoms with E-state index in [0.717, 1.165) is 14.5 Å². The van der Waals surface area contributed by atoms with Crippen molar-refractivity contribution in [2.45, 2.75) is 17.6 Å². The maximum absolute atomic E-state index is 12.6. The Morgan fingerprint density at radius 3 is 2.54 bits per heavy atom. The molecule has 0 atom stereocenters. The number of halogens is 1. The molecule has 0 saturated carbocycles. The number of aryl methyl sites for hydroxylation is 1. The van der Waals surface area contributed by atoms with E-state index in [1.54, 1.807) is 17.0 Å². The molecule has 1 saturated heterocycles. The number of rotatable bonds is 4. The zero-order valence-electron chi connectivity index (χ0n) is 12.9. The molecule has 0 unspecified atom stereocenters. The van der Waals surface area contributed by atoms with Crippen LogP contribution >= 0.6 is 38.6 Å². The summed E-state index contributed by atoms with van der Waals surface area (Å²) < 4.78 is 27.7. The molecule has 2 aromatic rings. The summed E-state index contributed by atoms with van der Waals surface area (Å²) in [6.45, 7) is 3.37. The maximum atomic E-state index is 12.6. The fraction of sp³-hybridized carbons (Fsp3) is 0.429. The summed E-state index contributed by atoms with van der Waals surface area (Å²) in [5.41, 5.74) is 0.779. The fourth-order valence-corrected chi connectivity index (χ4v) is 6.70. The minimum atomic E-state index is -3.47. The Bertz CT molecular complexity index is 838. The van der Waals surface area contributed by atoms with Gasteiger partial charge in [0.1, 0.15) is 4.21 Å². The van der Waals surface area contributed by atoms with E-state index >= 15 is 0 Å². The maximum Gasteiger partial charge on any atom is 0.252 e. The number of nitrogens with zero attached hydrogens (tertiary/aromatic N) is 3. The fourth-order valence-electron chi connectivity index (χ4n) is 2.50. The van der Waals surface area contributed by atoms with Gasteiger partial charge in [-0.2, -0.15) is 4.31 Å². The van der Waals surface area contributed by atoms with E-state index in [9.17, 15) is 13.2 Å². The molecule has 0 N–H and O–H groups in total. The first-order valence-electron chi connectivity index (χ1n) is 7.30. The molecule has 3 heterocycles. The Morgan fingerprint density at radius 2 is 2.00 bits per heavy atom. The Kier molecular flexibility index (Phi) is 5.40. The largest absolute Gasteiger partial charge is 0.340 e. The van der Waals surface area contributed by atoms with E-state index in [1.165, 1.54) is 27.0 Å². The first kappa shape index (κ1) is 18.0. The second-order valence-electron chi connectivity index (χ2n) is 5.38. The minimum absolute atomic E-state index is 0.00350. The number of hydrogen-bond donors (Lipinski definition) is 0. The van der Waals surface area contributed by atoms with Crippen molar-refractivity contribution in [3.63, 3.8) is 0 Å². The zero-order chi connectivity index (χ0) is 17.3. The van der Waals surface area contributed by atoms with E-state index in [-0.39, 0.29) is 12.3 Å². The third-order valence-corrected chi connectivity index (χ3v) is 8.54. The normalized spacial score (nSPS) is 16.5. The van der Waals surface area contributed by atoms with Crippen molar-refractivity contribution in [3.8, 4) is 0 Å². The molecule has 0 spiro atoms. The molecule has 1 amide bonds. The summed E-state index contributed by atoms with van der Waals surface area (Å²) in [4.78, 5) is 18.3. The molecule has 0 aliphatic carbocycles. The van der Waals surface area contributed by atoms with Gasteiger partial charge < -0.3 is 4.90 Å². The standard InChI is InChI=1S/C14H16BrN3O3S3/c1-10-16-11(9-22-10)8-13(19)17-4-6-18(7-5-17)24(20,21)14-3-2-12(15)23-14/h2-3,9H,4-8H2,1H3. The number of sulfonamides is 1. The first-order valence-corrected chi connectivity index (χ1v) is 11.2. The number of hydrogen-bond acceptors (Lipinski definition) is 6. The predicted molar refractivity (Wildman–Crippen MR) is 97.9 cm³/mol. The molecule has 2 aromatic heterocycles. The van der Waals surface area contributed by atoms with E-state index in [1.807, 2.05) is 12.3 Å². The Balaban J connectivity index is 1.60. The number of piperazine rings is 1. The SMILES string of the molecule is Cc1nc(CC(=O)N2CCN(S(=O)(=O)c3ccc(Br)s3)CC2)cs1. The number of carbonyl (C=O) groups is 1. The van der Waals surface area contributed by atoms with E-state index in [2.05, 4.69) is 20.9 Å². The summed E-state index contributed by atoms with van der Waals surface area (Å²) in [6.07, 6.45) is 0.273. The molecule has 0 bridgehead atoms. The van der Waals surface area contributed by atoms with Crippen LogP contribution < -0.4 is 0 Å². The van der Waals surface area contributed by atoms with Crippen molar-refractivity contribution in [2.24, 2.45) is 0 Å². The third kappa shape index (κ3) is 3.88. The second kappa shape index (κ2) is 7.20. The molecule has 130 valence electrons. The Labute approximate surface area is 157 Å². The molecule has 0 aromatic carbocycles. The highest BCUT2D eigenvalue weighted by Gasteiger charge is 2.31. The number of thiophene rings is 1. The van der Waals surface area contributed by atoms with Crippen molar-refractivity contribution < 1.29 is 13.2 Å². The average molecular weight is 450 g/mol. The summed E-state index contributed by atoms with van der Waals surface area (Å²) >= 11 is 6.01. The van der Waals surface area contributed by atoms with Crippen LogP contribution in [-0.2, 0) is 21.2 Å². The molecule has 6 nitrogen and oxygen atoms in total. The predicted octanol–water partition coefficient (Wildman–Crippen LogP) is 2.35. The highest BCUT2D eigenvalue weighted by molar-refractivity contribution is 9.11. The Hall–Kier alpha value is -0.810. The van der Waals surface area contributed by atoms with Gasteiger partial charge in [0.25, 0.3) is 10.0 Å². The first-order chi connectivity index (χ1) is 11.4. The molecule has 1 aliphatic rings. The van der Waals surface area contributed by atoms with Gasteiger partial charge in [0, 0.05) is 31.6 Å². The van der Waals surface area contributed by atoms with Crippen LogP contribution in [0.25, 0.3) is 0 Å². The second-order valence-corrected chi connectivity index (χ2v) is 11.1. The quantitative estimate of drug-likeness (QED) is 0.717. The summed E-state index contributed by atoms with van der Waals surface area (Å²) in [5.74, 6) is -0.00350. The van der Waals surface area contributed by atoms with Gasteiger partial charge in [-0.05, 0) is 35.0 Å². The van der Waals surface area contributed by atoms with Crippen LogP contribution in [0.4, 0.5) is 0 Å². The molecule has 0 radical (unpaired) electrons. The molecular formula is C14H16BrN3O3S3. The third-order valence-electron chi connectivity index (χ3n) is 3.73. The highest BCUT2D eigenvalue weighted by Crippen LogP contribution is 2.29. The van der Waals surface area contributed by atoms with E-state index < -0.39 is 10.0 Å². The van der Waals surface area contributed by atoms with Gasteiger partial charge in [-0.15, -0.1) is 22.7 Å². The van der Waals surface area contributed by atoms with Crippen molar-refractivity contribution >= 4 is 54.5 Å². The number of carbonyl (C=O) groups excluding carboxylic acids is 1. The van der Waals surface area contributed by atoms with Crippen LogP contribution in [0, 0.1) is 6.92 Å². The highest BCUT2D eigenvalue weighted by atomic mass is 79.9. The topological polar surface area (TPSA) is 70.6 Å². The van der Waals surface area contributed by atoms with Crippen molar-refractivity contribution in [1.82, 2.24) is 14.2 Å². The van der Waals surface area contributed by atoms with E-state index in [0.29, 0.717) is 30.4 Å². The van der Waals surface area contributed by atoms with Gasteiger partial charge in [0.2, 0.25) is 5.91 Å². The van der Waals surface area contributed by atoms with Gasteiger partial charge in [0.15, 0.2) is 0 Å². The number of amides is 1. The number of aromatic nitrogens is 1. The lowest BCUT2D eigenvalue weighted by molar-refractivity contribution is -0.131. The zero-order valence-corrected chi connectivity index (χ0v) is 17.0. The minimum Gasteiger partial charge on any atom is -0.340 e. The van der Waals surface area contributed by atoms with Crippen LogP contribution in [0.1, 0.15) is 10.7 Å². The molecule has 24 heavy (non-hydrogen) atoms. The van der Waals surface area contributed by atoms with Crippen LogP contribution in [0.5, 0.6) is 0 Å². The van der Waals surface area contributed by atoms with Crippen molar-refractivity contribution in [1.29, 1.82) is 0 Å². The van der Waals surface area contributed by atoms with Gasteiger partial charge in [-0.25, -0.2) is 13.4 Å². The average Bonchev–Trinajstić information content (AvgIpc) is 3.16. The van der Waals surface area contributed by atoms with Crippen molar-refractivity contribution in [3.05, 3.63) is 32.0 Å². The molecular weight excluding hydrogens is 434 g/mol. The summed E-state index contributed by atoms with van der Waals surface area (Å²) in [6, 6.07) is 3.33. The van der Waals surface area contributed by atoms with Gasteiger partial charge >= 0.3 is 0 Å². The van der Waals surface area contributed by atoms with Crippen LogP contribution in [-0.4, -0.2) is 54.7 Å². The lowest BCUT2D eigenvalue weighted by atomic mass is 10.2. The molecule has 10 heteroatoms. The van der Waals surface area contributed by atoms with Crippen LogP contribution in [0.3, 0.4) is 0 Å². The summed E-state index contributed by atoms with van der Waals surface area (Å²) in [5, 5.41) is 2.83. The molecule has 3 rings (SSSR count). The summed E-state index contributed by atoms with van der Waals surface area (Å²) in [7, 11) is -3.47. The monoisotopic (exact) mass is 449 g/mol. The van der Waals surface area contributed by atoms with Gasteiger partial charge in [0.05, 0.1) is 20.9 Å². The smallest absolute Gasteiger partial charge is 0.252 e. The number of thiazole rings is 1. The van der Waals surface area contributed by atoms with Crippen molar-refractivity contribution in [2.75, 3.05) is 26.2 Å². The van der Waals surface area contributed by atoms with Crippen LogP contribution in [0.2, 0.25) is 0 Å². The van der Waals surface area contributed by atoms with E-state index in [4.69, 9.17) is 0 Å². The Morgan fingerprint density at radius 1 is 1.29 bits per heavy atom. The molecule has 1 aliphatic heterocycles. The molecule has 1 fully saturated rings. The van der Waals surface area contributed by atoms with Crippen LogP contribution in [0.15, 0.2) is 25.5 Å². The van der Waals surface area contributed by atoms with Gasteiger partial charge in [-0.3, -0.25) is 4.79 Å². The lowest BCUT2D eigenvalue weighted by Crippen LogP contribution is -2.50. The van der Waals surface area contributed by atoms with Gasteiger partial charge in [-0.1, -0.05) is 0 Å².